The molecule has 0 saturated carbocycles. The molecule has 3 heterocycles. The Balaban J connectivity index is 1.71. The van der Waals surface area contributed by atoms with Crippen molar-refractivity contribution in [3.63, 3.8) is 0 Å². The van der Waals surface area contributed by atoms with Gasteiger partial charge in [0.25, 0.3) is 11.5 Å². The molecule has 8 heteroatoms. The maximum absolute atomic E-state index is 13.5. The number of likely N-dealkylation sites (tertiary alicyclic amines) is 1. The van der Waals surface area contributed by atoms with E-state index >= 15 is 0 Å². The summed E-state index contributed by atoms with van der Waals surface area (Å²) >= 11 is 5.96. The van der Waals surface area contributed by atoms with Crippen molar-refractivity contribution < 1.29 is 9.90 Å². The van der Waals surface area contributed by atoms with Crippen molar-refractivity contribution in [3.8, 4) is 5.75 Å². The number of anilines is 2. The van der Waals surface area contributed by atoms with Gasteiger partial charge in [-0.15, -0.1) is 0 Å². The van der Waals surface area contributed by atoms with Gasteiger partial charge in [0.05, 0.1) is 5.02 Å². The number of amides is 1. The summed E-state index contributed by atoms with van der Waals surface area (Å²) in [6.07, 6.45) is 4.71. The van der Waals surface area contributed by atoms with Gasteiger partial charge in [0.1, 0.15) is 11.3 Å². The molecule has 2 aromatic heterocycles. The molecule has 0 aliphatic carbocycles. The quantitative estimate of drug-likeness (QED) is 0.446. The van der Waals surface area contributed by atoms with Gasteiger partial charge in [0.2, 0.25) is 0 Å². The largest absolute Gasteiger partial charge is 0.505 e. The van der Waals surface area contributed by atoms with E-state index < -0.39 is 11.5 Å². The number of aromatic amines is 1. The zero-order valence-electron chi connectivity index (χ0n) is 20.1. The number of rotatable bonds is 8. The van der Waals surface area contributed by atoms with Crippen molar-refractivity contribution in [1.82, 2.24) is 14.9 Å². The van der Waals surface area contributed by atoms with Crippen molar-refractivity contribution in [3.05, 3.63) is 81.0 Å². The number of carbonyl (C=O) groups is 1. The van der Waals surface area contributed by atoms with Gasteiger partial charge >= 0.3 is 0 Å². The number of aryl methyl sites for hydroxylation is 1. The van der Waals surface area contributed by atoms with E-state index in [4.69, 9.17) is 11.6 Å². The second-order valence-corrected chi connectivity index (χ2v) is 9.26. The van der Waals surface area contributed by atoms with Crippen LogP contribution in [-0.2, 0) is 6.42 Å². The van der Waals surface area contributed by atoms with Gasteiger partial charge in [0.15, 0.2) is 5.75 Å². The molecule has 184 valence electrons. The highest BCUT2D eigenvalue weighted by molar-refractivity contribution is 6.30. The van der Waals surface area contributed by atoms with Gasteiger partial charge in [-0.3, -0.25) is 14.6 Å². The summed E-state index contributed by atoms with van der Waals surface area (Å²) in [5, 5.41) is 12.0. The number of H-pyrrole nitrogens is 1. The van der Waals surface area contributed by atoms with Crippen LogP contribution in [0.25, 0.3) is 0 Å². The Morgan fingerprint density at radius 1 is 1.23 bits per heavy atom. The molecule has 1 aromatic carbocycles. The maximum atomic E-state index is 13.5. The van der Waals surface area contributed by atoms with Gasteiger partial charge in [-0.2, -0.15) is 0 Å². The fourth-order valence-corrected chi connectivity index (χ4v) is 4.81. The zero-order chi connectivity index (χ0) is 24.9. The van der Waals surface area contributed by atoms with E-state index in [1.165, 1.54) is 0 Å². The van der Waals surface area contributed by atoms with Crippen LogP contribution in [0.15, 0.2) is 53.5 Å². The molecule has 7 nitrogen and oxygen atoms in total. The molecule has 0 spiro atoms. The predicted octanol–water partition coefficient (Wildman–Crippen LogP) is 5.26. The standard InChI is InChI=1S/C27H31ClN4O3/c1-3-5-11-22-24(32(4-2)20-9-7-6-8-10-20)25(33)23(26(34)30-22)27(35)31-15-14-18(17-31)21-13-12-19(28)16-29-21/h6-10,12-13,16,18H,3-5,11,14-15,17H2,1-2H3,(H2,30,33,34). The monoisotopic (exact) mass is 494 g/mol. The van der Waals surface area contributed by atoms with Crippen molar-refractivity contribution in [2.24, 2.45) is 0 Å². The molecule has 1 fully saturated rings. The Labute approximate surface area is 210 Å². The molecule has 1 unspecified atom stereocenters. The highest BCUT2D eigenvalue weighted by atomic mass is 35.5. The van der Waals surface area contributed by atoms with Crippen LogP contribution in [0.1, 0.15) is 60.8 Å². The zero-order valence-corrected chi connectivity index (χ0v) is 20.9. The molecule has 0 radical (unpaired) electrons. The second-order valence-electron chi connectivity index (χ2n) is 8.83. The van der Waals surface area contributed by atoms with Crippen LogP contribution in [0.2, 0.25) is 5.02 Å². The molecule has 0 bridgehead atoms. The topological polar surface area (TPSA) is 89.5 Å². The molecule has 1 amide bonds. The Morgan fingerprint density at radius 2 is 2.00 bits per heavy atom. The summed E-state index contributed by atoms with van der Waals surface area (Å²) in [6.45, 7) is 5.52. The van der Waals surface area contributed by atoms with Crippen molar-refractivity contribution >= 4 is 28.9 Å². The van der Waals surface area contributed by atoms with Crippen LogP contribution in [0.3, 0.4) is 0 Å². The van der Waals surface area contributed by atoms with Crippen LogP contribution in [0.5, 0.6) is 5.75 Å². The summed E-state index contributed by atoms with van der Waals surface area (Å²) in [6, 6.07) is 13.3. The van der Waals surface area contributed by atoms with E-state index in [0.29, 0.717) is 42.5 Å². The lowest BCUT2D eigenvalue weighted by Crippen LogP contribution is -2.34. The lowest BCUT2D eigenvalue weighted by atomic mass is 10.0. The summed E-state index contributed by atoms with van der Waals surface area (Å²) in [5.41, 5.74) is 2.11. The van der Waals surface area contributed by atoms with E-state index in [-0.39, 0.29) is 17.2 Å². The number of carbonyl (C=O) groups excluding carboxylic acids is 1. The molecule has 2 N–H and O–H groups in total. The number of nitrogens with zero attached hydrogens (tertiary/aromatic N) is 3. The van der Waals surface area contributed by atoms with Crippen molar-refractivity contribution in [1.29, 1.82) is 0 Å². The molecule has 1 aliphatic heterocycles. The third-order valence-electron chi connectivity index (χ3n) is 6.53. The number of hydrogen-bond acceptors (Lipinski definition) is 5. The number of unbranched alkanes of at least 4 members (excludes halogenated alkanes) is 1. The number of aromatic hydroxyl groups is 1. The van der Waals surface area contributed by atoms with Gasteiger partial charge in [0, 0.05) is 48.8 Å². The first-order valence-corrected chi connectivity index (χ1v) is 12.5. The molecular formula is C27H31ClN4O3. The Hall–Kier alpha value is -3.32. The minimum absolute atomic E-state index is 0.0530. The molecule has 1 atom stereocenters. The number of benzene rings is 1. The Kier molecular flexibility index (Phi) is 7.76. The summed E-state index contributed by atoms with van der Waals surface area (Å²) in [4.78, 5) is 37.5. The lowest BCUT2D eigenvalue weighted by molar-refractivity contribution is 0.0785. The first kappa shape index (κ1) is 24.8. The van der Waals surface area contributed by atoms with Crippen LogP contribution >= 0.6 is 11.6 Å². The number of halogens is 1. The third kappa shape index (κ3) is 5.20. The highest BCUT2D eigenvalue weighted by Crippen LogP contribution is 2.38. The number of hydrogen-bond donors (Lipinski definition) is 2. The van der Waals surface area contributed by atoms with E-state index in [1.54, 1.807) is 17.2 Å². The minimum Gasteiger partial charge on any atom is -0.505 e. The van der Waals surface area contributed by atoms with E-state index in [2.05, 4.69) is 16.9 Å². The first-order valence-electron chi connectivity index (χ1n) is 12.2. The fraction of sp³-hybridized carbons (Fsp3) is 0.370. The van der Waals surface area contributed by atoms with E-state index in [0.717, 1.165) is 30.6 Å². The highest BCUT2D eigenvalue weighted by Gasteiger charge is 2.33. The predicted molar refractivity (Wildman–Crippen MR) is 139 cm³/mol. The van der Waals surface area contributed by atoms with Gasteiger partial charge in [-0.1, -0.05) is 43.1 Å². The van der Waals surface area contributed by atoms with Crippen molar-refractivity contribution in [2.75, 3.05) is 24.5 Å². The average molecular weight is 495 g/mol. The summed E-state index contributed by atoms with van der Waals surface area (Å²) < 4.78 is 0. The molecule has 4 rings (SSSR count). The number of nitrogens with one attached hydrogen (secondary N) is 1. The Morgan fingerprint density at radius 3 is 2.66 bits per heavy atom. The smallest absolute Gasteiger partial charge is 0.264 e. The van der Waals surface area contributed by atoms with E-state index in [1.807, 2.05) is 48.2 Å². The van der Waals surface area contributed by atoms with Crippen molar-refractivity contribution in [2.45, 2.75) is 45.4 Å². The minimum atomic E-state index is -0.556. The van der Waals surface area contributed by atoms with Gasteiger partial charge in [-0.25, -0.2) is 0 Å². The van der Waals surface area contributed by atoms with Crippen LogP contribution in [-0.4, -0.2) is 45.5 Å². The lowest BCUT2D eigenvalue weighted by Gasteiger charge is -2.28. The molecule has 3 aromatic rings. The van der Waals surface area contributed by atoms with E-state index in [9.17, 15) is 14.7 Å². The summed E-state index contributed by atoms with van der Waals surface area (Å²) in [7, 11) is 0. The first-order chi connectivity index (χ1) is 16.9. The van der Waals surface area contributed by atoms with Crippen LogP contribution < -0.4 is 10.5 Å². The molecule has 1 aliphatic rings. The number of aromatic nitrogens is 2. The average Bonchev–Trinajstić information content (AvgIpc) is 3.36. The maximum Gasteiger partial charge on any atom is 0.264 e. The van der Waals surface area contributed by atoms with Crippen LogP contribution in [0, 0.1) is 0 Å². The second kappa shape index (κ2) is 11.0. The van der Waals surface area contributed by atoms with Crippen LogP contribution in [0.4, 0.5) is 11.4 Å². The normalized spacial score (nSPS) is 15.4. The number of pyridine rings is 2. The SMILES string of the molecule is CCCCc1[nH]c(=O)c(C(=O)N2CCC(c3ccc(Cl)cn3)C2)c(O)c1N(CC)c1ccccc1. The van der Waals surface area contributed by atoms with Gasteiger partial charge < -0.3 is 19.9 Å². The molecule has 1 saturated heterocycles. The summed E-state index contributed by atoms with van der Waals surface area (Å²) in [5.74, 6) is -0.673. The number of para-hydroxylation sites is 1. The molecule has 35 heavy (non-hydrogen) atoms. The third-order valence-corrected chi connectivity index (χ3v) is 6.75. The van der Waals surface area contributed by atoms with Gasteiger partial charge in [-0.05, 0) is 50.5 Å². The fourth-order valence-electron chi connectivity index (χ4n) is 4.70. The molecular weight excluding hydrogens is 464 g/mol. The Bertz CT molecular complexity index is 1230.